The van der Waals surface area contributed by atoms with Crippen LogP contribution in [0.3, 0.4) is 0 Å². The second-order valence-corrected chi connectivity index (χ2v) is 7.45. The van der Waals surface area contributed by atoms with Gasteiger partial charge in [-0.3, -0.25) is 14.9 Å². The fourth-order valence-corrected chi connectivity index (χ4v) is 4.02. The number of nitrogens with zero attached hydrogens (tertiary/aromatic N) is 5. The standard InChI is InChI=1S/C19H17N5O3S/c25-18(23-9-6-13(12-23)19-20-7-2-8-21-19)11-15-16(24(26)27)5-4-14(22-15)17-3-1-10-28-17/h1-5,7-8,10,13H,6,9,11-12H2. The van der Waals surface area contributed by atoms with Crippen molar-refractivity contribution < 1.29 is 9.72 Å². The number of hydrogen-bond acceptors (Lipinski definition) is 7. The predicted octanol–water partition coefficient (Wildman–Crippen LogP) is 3.07. The lowest BCUT2D eigenvalue weighted by Crippen LogP contribution is -2.30. The van der Waals surface area contributed by atoms with Gasteiger partial charge in [0.15, 0.2) is 0 Å². The molecule has 0 radical (unpaired) electrons. The van der Waals surface area contributed by atoms with Crippen LogP contribution in [0.4, 0.5) is 5.69 Å². The smallest absolute Gasteiger partial charge is 0.291 e. The van der Waals surface area contributed by atoms with Crippen LogP contribution in [0.5, 0.6) is 0 Å². The lowest BCUT2D eigenvalue weighted by molar-refractivity contribution is -0.385. The SMILES string of the molecule is O=C(Cc1nc(-c2cccs2)ccc1[N+](=O)[O-])N1CCC(c2ncccn2)C1. The summed E-state index contributed by atoms with van der Waals surface area (Å²) in [7, 11) is 0. The highest BCUT2D eigenvalue weighted by Gasteiger charge is 2.30. The third-order valence-electron chi connectivity index (χ3n) is 4.73. The summed E-state index contributed by atoms with van der Waals surface area (Å²) >= 11 is 1.50. The topological polar surface area (TPSA) is 102 Å². The van der Waals surface area contributed by atoms with Gasteiger partial charge in [-0.25, -0.2) is 15.0 Å². The van der Waals surface area contributed by atoms with Gasteiger partial charge in [-0.1, -0.05) is 6.07 Å². The molecule has 1 fully saturated rings. The molecule has 3 aromatic rings. The van der Waals surface area contributed by atoms with E-state index < -0.39 is 4.92 Å². The first-order valence-corrected chi connectivity index (χ1v) is 9.72. The van der Waals surface area contributed by atoms with Gasteiger partial charge in [0.1, 0.15) is 11.5 Å². The van der Waals surface area contributed by atoms with E-state index in [4.69, 9.17) is 0 Å². The zero-order valence-electron chi connectivity index (χ0n) is 14.9. The van der Waals surface area contributed by atoms with Gasteiger partial charge in [-0.15, -0.1) is 11.3 Å². The molecule has 0 bridgehead atoms. The van der Waals surface area contributed by atoms with Crippen LogP contribution in [0.25, 0.3) is 10.6 Å². The van der Waals surface area contributed by atoms with Crippen LogP contribution in [0.15, 0.2) is 48.1 Å². The van der Waals surface area contributed by atoms with Crippen molar-refractivity contribution >= 4 is 22.9 Å². The van der Waals surface area contributed by atoms with Crippen molar-refractivity contribution in [2.75, 3.05) is 13.1 Å². The Morgan fingerprint density at radius 2 is 2.07 bits per heavy atom. The van der Waals surface area contributed by atoms with Crippen molar-refractivity contribution in [1.29, 1.82) is 0 Å². The third-order valence-corrected chi connectivity index (χ3v) is 5.62. The summed E-state index contributed by atoms with van der Waals surface area (Å²) in [5.41, 5.74) is 0.705. The number of amides is 1. The molecule has 4 rings (SSSR count). The molecule has 0 aliphatic carbocycles. The summed E-state index contributed by atoms with van der Waals surface area (Å²) in [5, 5.41) is 13.3. The number of pyridine rings is 1. The van der Waals surface area contributed by atoms with E-state index in [9.17, 15) is 14.9 Å². The number of carbonyl (C=O) groups is 1. The maximum absolute atomic E-state index is 12.8. The first-order chi connectivity index (χ1) is 13.6. The average molecular weight is 395 g/mol. The van der Waals surface area contributed by atoms with Crippen molar-refractivity contribution in [3.63, 3.8) is 0 Å². The fourth-order valence-electron chi connectivity index (χ4n) is 3.33. The molecule has 1 aliphatic rings. The Balaban J connectivity index is 1.52. The van der Waals surface area contributed by atoms with Crippen molar-refractivity contribution in [2.45, 2.75) is 18.8 Å². The van der Waals surface area contributed by atoms with Gasteiger partial charge in [0.2, 0.25) is 5.91 Å². The number of nitro groups is 1. The van der Waals surface area contributed by atoms with Crippen molar-refractivity contribution in [2.24, 2.45) is 0 Å². The second kappa shape index (κ2) is 7.81. The van der Waals surface area contributed by atoms with Crippen LogP contribution in [-0.4, -0.2) is 43.8 Å². The highest BCUT2D eigenvalue weighted by atomic mass is 32.1. The van der Waals surface area contributed by atoms with Crippen LogP contribution >= 0.6 is 11.3 Å². The highest BCUT2D eigenvalue weighted by molar-refractivity contribution is 7.13. The number of likely N-dealkylation sites (tertiary alicyclic amines) is 1. The Bertz CT molecular complexity index is 994. The molecule has 28 heavy (non-hydrogen) atoms. The molecule has 1 unspecified atom stereocenters. The minimum atomic E-state index is -0.488. The van der Waals surface area contributed by atoms with E-state index in [0.717, 1.165) is 17.1 Å². The van der Waals surface area contributed by atoms with Crippen LogP contribution < -0.4 is 0 Å². The van der Waals surface area contributed by atoms with Crippen molar-refractivity contribution in [1.82, 2.24) is 19.9 Å². The third kappa shape index (κ3) is 3.74. The molecule has 1 aliphatic heterocycles. The largest absolute Gasteiger partial charge is 0.342 e. The molecule has 8 nitrogen and oxygen atoms in total. The van der Waals surface area contributed by atoms with E-state index >= 15 is 0 Å². The van der Waals surface area contributed by atoms with Gasteiger partial charge < -0.3 is 4.90 Å². The first-order valence-electron chi connectivity index (χ1n) is 8.84. The molecule has 1 atom stereocenters. The van der Waals surface area contributed by atoms with E-state index in [1.165, 1.54) is 17.4 Å². The number of thiophene rings is 1. The summed E-state index contributed by atoms with van der Waals surface area (Å²) in [6.45, 7) is 1.10. The molecule has 0 aromatic carbocycles. The lowest BCUT2D eigenvalue weighted by atomic mass is 10.1. The molecule has 1 amide bonds. The summed E-state index contributed by atoms with van der Waals surface area (Å²) in [6.07, 6.45) is 4.06. The molecule has 0 saturated carbocycles. The molecular weight excluding hydrogens is 378 g/mol. The quantitative estimate of drug-likeness (QED) is 0.486. The van der Waals surface area contributed by atoms with Gasteiger partial charge in [0, 0.05) is 37.5 Å². The van der Waals surface area contributed by atoms with Crippen LogP contribution in [0.2, 0.25) is 0 Å². The average Bonchev–Trinajstić information content (AvgIpc) is 3.41. The van der Waals surface area contributed by atoms with Gasteiger partial charge >= 0.3 is 0 Å². The van der Waals surface area contributed by atoms with Crippen LogP contribution in [0.1, 0.15) is 23.9 Å². The van der Waals surface area contributed by atoms with E-state index in [0.29, 0.717) is 18.8 Å². The van der Waals surface area contributed by atoms with Gasteiger partial charge in [0.05, 0.1) is 21.9 Å². The normalized spacial score (nSPS) is 16.3. The van der Waals surface area contributed by atoms with E-state index in [1.807, 2.05) is 17.5 Å². The summed E-state index contributed by atoms with van der Waals surface area (Å²) < 4.78 is 0. The summed E-state index contributed by atoms with van der Waals surface area (Å²) in [4.78, 5) is 39.3. The van der Waals surface area contributed by atoms with Gasteiger partial charge in [-0.05, 0) is 30.0 Å². The zero-order chi connectivity index (χ0) is 19.5. The van der Waals surface area contributed by atoms with Gasteiger partial charge in [0.25, 0.3) is 5.69 Å². The van der Waals surface area contributed by atoms with E-state index in [1.54, 1.807) is 29.4 Å². The molecule has 4 heterocycles. The fraction of sp³-hybridized carbons (Fsp3) is 0.263. The van der Waals surface area contributed by atoms with Crippen LogP contribution in [-0.2, 0) is 11.2 Å². The molecule has 1 saturated heterocycles. The predicted molar refractivity (Wildman–Crippen MR) is 104 cm³/mol. The lowest BCUT2D eigenvalue weighted by Gasteiger charge is -2.16. The van der Waals surface area contributed by atoms with E-state index in [2.05, 4.69) is 15.0 Å². The molecular formula is C19H17N5O3S. The molecule has 0 spiro atoms. The summed E-state index contributed by atoms with van der Waals surface area (Å²) in [6, 6.07) is 8.60. The molecule has 142 valence electrons. The Labute approximate surface area is 165 Å². The van der Waals surface area contributed by atoms with Crippen LogP contribution in [0, 0.1) is 10.1 Å². The summed E-state index contributed by atoms with van der Waals surface area (Å²) in [5.74, 6) is 0.643. The Morgan fingerprint density at radius 1 is 1.25 bits per heavy atom. The number of rotatable bonds is 5. The Morgan fingerprint density at radius 3 is 2.79 bits per heavy atom. The number of aromatic nitrogens is 3. The van der Waals surface area contributed by atoms with Crippen molar-refractivity contribution in [3.05, 3.63) is 69.7 Å². The van der Waals surface area contributed by atoms with Crippen molar-refractivity contribution in [3.8, 4) is 10.6 Å². The Kier molecular flexibility index (Phi) is 5.07. The minimum absolute atomic E-state index is 0.0885. The molecule has 9 heteroatoms. The van der Waals surface area contributed by atoms with Gasteiger partial charge in [-0.2, -0.15) is 0 Å². The molecule has 0 N–H and O–H groups in total. The highest BCUT2D eigenvalue weighted by Crippen LogP contribution is 2.28. The maximum atomic E-state index is 12.8. The minimum Gasteiger partial charge on any atom is -0.342 e. The first kappa shape index (κ1) is 18.2. The maximum Gasteiger partial charge on any atom is 0.291 e. The zero-order valence-corrected chi connectivity index (χ0v) is 15.7. The second-order valence-electron chi connectivity index (χ2n) is 6.51. The molecule has 3 aromatic heterocycles. The number of hydrogen-bond donors (Lipinski definition) is 0. The van der Waals surface area contributed by atoms with E-state index in [-0.39, 0.29) is 29.6 Å². The monoisotopic (exact) mass is 395 g/mol. The number of carbonyl (C=O) groups excluding carboxylic acids is 1. The Hall–Kier alpha value is -3.20.